The molecule has 6 nitrogen and oxygen atoms in total. The molecular weight excluding hydrogens is 393 g/mol. The lowest BCUT2D eigenvalue weighted by Gasteiger charge is -2.36. The molecule has 0 unspecified atom stereocenters. The summed E-state index contributed by atoms with van der Waals surface area (Å²) in [7, 11) is -3.65. The van der Waals surface area contributed by atoms with E-state index in [9.17, 15) is 17.6 Å². The lowest BCUT2D eigenvalue weighted by atomic mass is 10.1. The molecule has 1 aliphatic heterocycles. The molecule has 156 valence electrons. The highest BCUT2D eigenvalue weighted by Gasteiger charge is 2.23. The summed E-state index contributed by atoms with van der Waals surface area (Å²) >= 11 is 0. The molecule has 2 aromatic carbocycles. The van der Waals surface area contributed by atoms with Gasteiger partial charge in [0.05, 0.1) is 10.6 Å². The van der Waals surface area contributed by atoms with Gasteiger partial charge in [0.15, 0.2) is 0 Å². The number of para-hydroxylation sites is 1. The van der Waals surface area contributed by atoms with Gasteiger partial charge in [-0.3, -0.25) is 4.79 Å². The first-order valence-electron chi connectivity index (χ1n) is 9.62. The van der Waals surface area contributed by atoms with E-state index in [-0.39, 0.29) is 29.6 Å². The van der Waals surface area contributed by atoms with E-state index in [1.165, 1.54) is 6.07 Å². The van der Waals surface area contributed by atoms with E-state index in [4.69, 9.17) is 0 Å². The van der Waals surface area contributed by atoms with E-state index < -0.39 is 10.0 Å². The van der Waals surface area contributed by atoms with Crippen LogP contribution in [0.15, 0.2) is 47.4 Å². The number of nitrogens with one attached hydrogen (secondary N) is 1. The zero-order valence-electron chi connectivity index (χ0n) is 16.7. The van der Waals surface area contributed by atoms with Crippen molar-refractivity contribution in [1.29, 1.82) is 0 Å². The number of nitrogens with zero attached hydrogens (tertiary/aromatic N) is 2. The number of anilines is 1. The van der Waals surface area contributed by atoms with Gasteiger partial charge in [0.1, 0.15) is 5.82 Å². The zero-order valence-corrected chi connectivity index (χ0v) is 17.5. The van der Waals surface area contributed by atoms with Crippen LogP contribution in [0.3, 0.4) is 0 Å². The molecule has 0 spiro atoms. The third-order valence-electron chi connectivity index (χ3n) is 5.25. The molecule has 1 aliphatic rings. The van der Waals surface area contributed by atoms with Crippen molar-refractivity contribution >= 4 is 21.6 Å². The second kappa shape index (κ2) is 8.92. The molecule has 0 aromatic heterocycles. The van der Waals surface area contributed by atoms with Gasteiger partial charge in [-0.2, -0.15) is 0 Å². The van der Waals surface area contributed by atoms with Gasteiger partial charge in [0, 0.05) is 39.1 Å². The number of hydrogen-bond acceptors (Lipinski definition) is 4. The predicted octanol–water partition coefficient (Wildman–Crippen LogP) is 2.46. The first-order chi connectivity index (χ1) is 13.8. The molecule has 0 radical (unpaired) electrons. The second-order valence-electron chi connectivity index (χ2n) is 7.21. The smallest absolute Gasteiger partial charge is 0.240 e. The summed E-state index contributed by atoms with van der Waals surface area (Å²) in [6.45, 7) is 5.88. The molecule has 1 N–H and O–H groups in total. The van der Waals surface area contributed by atoms with Crippen LogP contribution in [0.25, 0.3) is 0 Å². The Kier molecular flexibility index (Phi) is 6.54. The predicted molar refractivity (Wildman–Crippen MR) is 111 cm³/mol. The Hall–Kier alpha value is -2.45. The highest BCUT2D eigenvalue weighted by atomic mass is 32.2. The minimum absolute atomic E-state index is 0.0433. The van der Waals surface area contributed by atoms with E-state index in [0.29, 0.717) is 31.9 Å². The van der Waals surface area contributed by atoms with E-state index in [0.717, 1.165) is 11.1 Å². The van der Waals surface area contributed by atoms with Gasteiger partial charge < -0.3 is 9.80 Å². The lowest BCUT2D eigenvalue weighted by molar-refractivity contribution is -0.131. The standard InChI is InChI=1S/C21H26FN3O3S/c1-16-7-8-18(15-17(16)2)29(27,28)23-10-9-21(26)25-13-11-24(12-14-25)20-6-4-3-5-19(20)22/h3-8,15,23H,9-14H2,1-2H3. The minimum atomic E-state index is -3.65. The Morgan fingerprint density at radius 2 is 1.72 bits per heavy atom. The summed E-state index contributed by atoms with van der Waals surface area (Å²) in [5, 5.41) is 0. The summed E-state index contributed by atoms with van der Waals surface area (Å²) in [6, 6.07) is 11.6. The number of piperazine rings is 1. The van der Waals surface area contributed by atoms with Crippen molar-refractivity contribution < 1.29 is 17.6 Å². The first kappa shape index (κ1) is 21.3. The van der Waals surface area contributed by atoms with E-state index >= 15 is 0 Å². The van der Waals surface area contributed by atoms with Crippen molar-refractivity contribution in [3.8, 4) is 0 Å². The molecule has 2 aromatic rings. The monoisotopic (exact) mass is 419 g/mol. The Labute approximate surface area is 171 Å². The van der Waals surface area contributed by atoms with Crippen LogP contribution in [-0.4, -0.2) is 51.9 Å². The Morgan fingerprint density at radius 3 is 2.38 bits per heavy atom. The molecular formula is C21H26FN3O3S. The maximum absolute atomic E-state index is 13.9. The Bertz CT molecular complexity index is 986. The summed E-state index contributed by atoms with van der Waals surface area (Å²) in [6.07, 6.45) is 0.0871. The molecule has 1 heterocycles. The van der Waals surface area contributed by atoms with Crippen molar-refractivity contribution in [3.05, 3.63) is 59.4 Å². The van der Waals surface area contributed by atoms with Crippen LogP contribution in [0, 0.1) is 19.7 Å². The normalized spacial score (nSPS) is 14.9. The van der Waals surface area contributed by atoms with E-state index in [1.54, 1.807) is 41.3 Å². The van der Waals surface area contributed by atoms with Gasteiger partial charge in [-0.25, -0.2) is 17.5 Å². The lowest BCUT2D eigenvalue weighted by Crippen LogP contribution is -2.49. The summed E-state index contributed by atoms with van der Waals surface area (Å²) in [5.74, 6) is -0.381. The molecule has 0 aliphatic carbocycles. The van der Waals surface area contributed by atoms with Gasteiger partial charge in [-0.05, 0) is 49.2 Å². The van der Waals surface area contributed by atoms with Gasteiger partial charge in [0.2, 0.25) is 15.9 Å². The van der Waals surface area contributed by atoms with Crippen LogP contribution in [0.4, 0.5) is 10.1 Å². The van der Waals surface area contributed by atoms with Crippen LogP contribution in [-0.2, 0) is 14.8 Å². The molecule has 8 heteroatoms. The van der Waals surface area contributed by atoms with E-state index in [1.807, 2.05) is 18.7 Å². The van der Waals surface area contributed by atoms with Crippen LogP contribution in [0.2, 0.25) is 0 Å². The van der Waals surface area contributed by atoms with Crippen molar-refractivity contribution in [2.45, 2.75) is 25.2 Å². The molecule has 1 fully saturated rings. The van der Waals surface area contributed by atoms with Gasteiger partial charge >= 0.3 is 0 Å². The minimum Gasteiger partial charge on any atom is -0.366 e. The topological polar surface area (TPSA) is 69.7 Å². The number of amides is 1. The second-order valence-corrected chi connectivity index (χ2v) is 8.98. The largest absolute Gasteiger partial charge is 0.366 e. The van der Waals surface area contributed by atoms with Gasteiger partial charge in [-0.15, -0.1) is 0 Å². The Morgan fingerprint density at radius 1 is 1.03 bits per heavy atom. The number of rotatable bonds is 6. The SMILES string of the molecule is Cc1ccc(S(=O)(=O)NCCC(=O)N2CCN(c3ccccc3F)CC2)cc1C. The van der Waals surface area contributed by atoms with Gasteiger partial charge in [-0.1, -0.05) is 18.2 Å². The van der Waals surface area contributed by atoms with Crippen molar-refractivity contribution in [3.63, 3.8) is 0 Å². The highest BCUT2D eigenvalue weighted by molar-refractivity contribution is 7.89. The number of carbonyl (C=O) groups excluding carboxylic acids is 1. The molecule has 29 heavy (non-hydrogen) atoms. The van der Waals surface area contributed by atoms with Crippen LogP contribution in [0.5, 0.6) is 0 Å². The van der Waals surface area contributed by atoms with Crippen LogP contribution >= 0.6 is 0 Å². The molecule has 3 rings (SSSR count). The Balaban J connectivity index is 1.49. The number of benzene rings is 2. The third kappa shape index (κ3) is 5.13. The summed E-state index contributed by atoms with van der Waals surface area (Å²) in [5.41, 5.74) is 2.46. The van der Waals surface area contributed by atoms with E-state index in [2.05, 4.69) is 4.72 Å². The highest BCUT2D eigenvalue weighted by Crippen LogP contribution is 2.20. The van der Waals surface area contributed by atoms with Gasteiger partial charge in [0.25, 0.3) is 0 Å². The van der Waals surface area contributed by atoms with Crippen molar-refractivity contribution in [2.75, 3.05) is 37.6 Å². The first-order valence-corrected chi connectivity index (χ1v) is 11.1. The number of hydrogen-bond donors (Lipinski definition) is 1. The zero-order chi connectivity index (χ0) is 21.0. The number of halogens is 1. The molecule has 1 amide bonds. The quantitative estimate of drug-likeness (QED) is 0.781. The fourth-order valence-corrected chi connectivity index (χ4v) is 4.44. The molecule has 0 atom stereocenters. The van der Waals surface area contributed by atoms with Crippen LogP contribution in [0.1, 0.15) is 17.5 Å². The molecule has 0 bridgehead atoms. The van der Waals surface area contributed by atoms with Crippen molar-refractivity contribution in [2.24, 2.45) is 0 Å². The average Bonchev–Trinajstić information content (AvgIpc) is 2.70. The fraction of sp³-hybridized carbons (Fsp3) is 0.381. The van der Waals surface area contributed by atoms with Crippen molar-refractivity contribution in [1.82, 2.24) is 9.62 Å². The maximum atomic E-state index is 13.9. The summed E-state index contributed by atoms with van der Waals surface area (Å²) in [4.78, 5) is 16.2. The third-order valence-corrected chi connectivity index (χ3v) is 6.70. The maximum Gasteiger partial charge on any atom is 0.240 e. The average molecular weight is 420 g/mol. The molecule has 0 saturated carbocycles. The number of aryl methyl sites for hydroxylation is 2. The molecule has 1 saturated heterocycles. The van der Waals surface area contributed by atoms with Crippen LogP contribution < -0.4 is 9.62 Å². The number of sulfonamides is 1. The number of carbonyl (C=O) groups is 1. The summed E-state index contributed by atoms with van der Waals surface area (Å²) < 4.78 is 41.2. The fourth-order valence-electron chi connectivity index (χ4n) is 3.32.